The number of nitrogens with zero attached hydrogens (tertiary/aromatic N) is 5. The van der Waals surface area contributed by atoms with Crippen LogP contribution in [-0.2, 0) is 36.8 Å². The van der Waals surface area contributed by atoms with Gasteiger partial charge in [-0.25, -0.2) is 4.68 Å². The summed E-state index contributed by atoms with van der Waals surface area (Å²) in [6, 6.07) is 7.21. The molecule has 1 spiro atoms. The summed E-state index contributed by atoms with van der Waals surface area (Å²) in [7, 11) is 1.66. The van der Waals surface area contributed by atoms with Gasteiger partial charge in [0.1, 0.15) is 18.4 Å². The number of nitrogens with one attached hydrogen (secondary N) is 2. The maximum absolute atomic E-state index is 14.3. The molecule has 13 heteroatoms. The Hall–Kier alpha value is -3.55. The zero-order valence-electron chi connectivity index (χ0n) is 28.2. The minimum atomic E-state index is -0.754. The van der Waals surface area contributed by atoms with E-state index in [1.54, 1.807) is 12.0 Å². The summed E-state index contributed by atoms with van der Waals surface area (Å²) in [4.78, 5) is 45.0. The number of likely N-dealkylation sites (tertiary alicyclic amines) is 1. The predicted molar refractivity (Wildman–Crippen MR) is 177 cm³/mol. The third-order valence-electron chi connectivity index (χ3n) is 10.5. The molecule has 2 aromatic rings. The number of fused-ring (bicyclic) bond motifs is 1. The van der Waals surface area contributed by atoms with Crippen LogP contribution in [0.15, 0.2) is 30.5 Å². The van der Waals surface area contributed by atoms with Crippen molar-refractivity contribution in [1.29, 1.82) is 0 Å². The van der Waals surface area contributed by atoms with E-state index in [1.807, 2.05) is 29.1 Å². The molecule has 4 aliphatic rings. The number of carbonyl (C=O) groups is 3. The molecular weight excluding hydrogens is 614 g/mol. The molecule has 0 radical (unpaired) electrons. The summed E-state index contributed by atoms with van der Waals surface area (Å²) >= 11 is 0. The third-order valence-corrected chi connectivity index (χ3v) is 10.5. The number of hydrogen-bond donors (Lipinski definition) is 2. The summed E-state index contributed by atoms with van der Waals surface area (Å²) in [5.41, 5.74) is 1.36. The second-order valence-electron chi connectivity index (χ2n) is 13.9. The first kappa shape index (κ1) is 34.3. The molecule has 1 saturated carbocycles. The fraction of sp³-hybridized carbons (Fsp3) is 0.686. The average molecular weight is 666 g/mol. The van der Waals surface area contributed by atoms with Crippen LogP contribution in [0.4, 0.5) is 0 Å². The molecule has 3 aliphatic heterocycles. The van der Waals surface area contributed by atoms with Gasteiger partial charge in [-0.05, 0) is 42.9 Å². The number of methoxy groups -OCH3 is 1. The summed E-state index contributed by atoms with van der Waals surface area (Å²) < 4.78 is 18.4. The van der Waals surface area contributed by atoms with Crippen molar-refractivity contribution < 1.29 is 28.6 Å². The quantitative estimate of drug-likeness (QED) is 0.476. The van der Waals surface area contributed by atoms with Gasteiger partial charge in [0.2, 0.25) is 17.7 Å². The maximum atomic E-state index is 14.3. The van der Waals surface area contributed by atoms with Crippen LogP contribution in [0.1, 0.15) is 75.1 Å². The second kappa shape index (κ2) is 16.2. The normalized spacial score (nSPS) is 25.4. The number of benzene rings is 1. The van der Waals surface area contributed by atoms with E-state index in [9.17, 15) is 14.4 Å². The second-order valence-corrected chi connectivity index (χ2v) is 13.9. The first-order valence-electron chi connectivity index (χ1n) is 17.7. The number of aromatic nitrogens is 3. The standard InChI is InChI=1S/C35H51N7O6/c1-46-30-9-5-8-27(19-30)22-40-13-10-35(11-14-40)21-33(44)41-24-29(42-23-28(38-39-42)18-26-6-3-2-4-7-26)20-31(41)34(45)36-12-15-47-16-17-48-25-32(43)37-35/h5,8-9,19,23,26,29,31H,2-4,6-7,10-18,20-22,24-25H2,1H3,(H,36,45)(H,37,43)/t29-,31-/m0/s1. The van der Waals surface area contributed by atoms with E-state index in [1.165, 1.54) is 32.1 Å². The molecule has 0 bridgehead atoms. The minimum absolute atomic E-state index is 0.104. The van der Waals surface area contributed by atoms with Gasteiger partial charge in [-0.1, -0.05) is 49.5 Å². The van der Waals surface area contributed by atoms with Crippen LogP contribution in [-0.4, -0.2) is 114 Å². The van der Waals surface area contributed by atoms with Crippen LogP contribution < -0.4 is 15.4 Å². The monoisotopic (exact) mass is 665 g/mol. The number of piperidine rings is 1. The molecule has 262 valence electrons. The summed E-state index contributed by atoms with van der Waals surface area (Å²) in [6.45, 7) is 3.62. The molecule has 48 heavy (non-hydrogen) atoms. The molecule has 1 aromatic carbocycles. The highest BCUT2D eigenvalue weighted by atomic mass is 16.5. The Morgan fingerprint density at radius 3 is 2.67 bits per heavy atom. The Balaban J connectivity index is 1.17. The summed E-state index contributed by atoms with van der Waals surface area (Å²) in [5, 5.41) is 15.1. The molecular formula is C35H51N7O6. The third kappa shape index (κ3) is 8.91. The highest BCUT2D eigenvalue weighted by molar-refractivity contribution is 5.89. The number of amides is 3. The van der Waals surface area contributed by atoms with E-state index < -0.39 is 11.6 Å². The van der Waals surface area contributed by atoms with Gasteiger partial charge in [-0.2, -0.15) is 0 Å². The van der Waals surface area contributed by atoms with Crippen LogP contribution in [0, 0.1) is 5.92 Å². The Bertz CT molecular complexity index is 1390. The lowest BCUT2D eigenvalue weighted by atomic mass is 9.83. The van der Waals surface area contributed by atoms with Gasteiger partial charge < -0.3 is 29.7 Å². The van der Waals surface area contributed by atoms with Crippen molar-refractivity contribution in [3.05, 3.63) is 41.7 Å². The lowest BCUT2D eigenvalue weighted by molar-refractivity contribution is -0.141. The Kier molecular flexibility index (Phi) is 11.6. The SMILES string of the molecule is COc1cccc(CN2CCC3(CC2)CC(=O)N2C[C@@H](n4cc(CC5CCCCC5)nn4)C[C@H]2C(=O)NCCOCCOCC(=O)N3)c1. The molecule has 0 unspecified atom stereocenters. The van der Waals surface area contributed by atoms with Crippen molar-refractivity contribution in [2.75, 3.05) is 59.7 Å². The molecule has 4 fully saturated rings. The zero-order chi connectivity index (χ0) is 33.3. The van der Waals surface area contributed by atoms with E-state index in [4.69, 9.17) is 14.2 Å². The van der Waals surface area contributed by atoms with Crippen LogP contribution in [0.25, 0.3) is 0 Å². The lowest BCUT2D eigenvalue weighted by Crippen LogP contribution is -2.58. The van der Waals surface area contributed by atoms with Gasteiger partial charge in [0, 0.05) is 45.3 Å². The van der Waals surface area contributed by atoms with E-state index in [-0.39, 0.29) is 43.4 Å². The molecule has 2 atom stereocenters. The van der Waals surface area contributed by atoms with Gasteiger partial charge in [-0.3, -0.25) is 19.3 Å². The number of ether oxygens (including phenoxy) is 3. The number of rotatable bonds is 6. The Labute approximate surface area is 283 Å². The van der Waals surface area contributed by atoms with Crippen LogP contribution in [0.3, 0.4) is 0 Å². The van der Waals surface area contributed by atoms with Crippen molar-refractivity contribution in [1.82, 2.24) is 35.4 Å². The minimum Gasteiger partial charge on any atom is -0.497 e. The van der Waals surface area contributed by atoms with E-state index in [2.05, 4.69) is 31.9 Å². The van der Waals surface area contributed by atoms with E-state index >= 15 is 0 Å². The van der Waals surface area contributed by atoms with Gasteiger partial charge in [-0.15, -0.1) is 5.10 Å². The highest BCUT2D eigenvalue weighted by Crippen LogP contribution is 2.33. The number of carbonyl (C=O) groups excluding carboxylic acids is 3. The van der Waals surface area contributed by atoms with Crippen molar-refractivity contribution in [3.63, 3.8) is 0 Å². The first-order valence-corrected chi connectivity index (χ1v) is 17.7. The van der Waals surface area contributed by atoms with Gasteiger partial charge in [0.05, 0.1) is 50.6 Å². The Morgan fingerprint density at radius 1 is 1.04 bits per heavy atom. The molecule has 3 amide bonds. The van der Waals surface area contributed by atoms with Crippen molar-refractivity contribution >= 4 is 17.7 Å². The predicted octanol–water partition coefficient (Wildman–Crippen LogP) is 2.26. The van der Waals surface area contributed by atoms with E-state index in [0.717, 1.165) is 30.0 Å². The van der Waals surface area contributed by atoms with Crippen LogP contribution in [0.5, 0.6) is 5.75 Å². The molecule has 2 N–H and O–H groups in total. The molecule has 13 nitrogen and oxygen atoms in total. The maximum Gasteiger partial charge on any atom is 0.246 e. The van der Waals surface area contributed by atoms with E-state index in [0.29, 0.717) is 64.6 Å². The van der Waals surface area contributed by atoms with Crippen molar-refractivity contribution in [2.45, 2.75) is 88.4 Å². The van der Waals surface area contributed by atoms with Crippen molar-refractivity contribution in [3.8, 4) is 5.75 Å². The smallest absolute Gasteiger partial charge is 0.246 e. The van der Waals surface area contributed by atoms with Gasteiger partial charge in [0.15, 0.2) is 0 Å². The lowest BCUT2D eigenvalue weighted by Gasteiger charge is -2.43. The largest absolute Gasteiger partial charge is 0.497 e. The molecule has 3 saturated heterocycles. The molecule has 6 rings (SSSR count). The molecule has 1 aromatic heterocycles. The summed E-state index contributed by atoms with van der Waals surface area (Å²) in [5.74, 6) is 0.854. The highest BCUT2D eigenvalue weighted by Gasteiger charge is 2.45. The fourth-order valence-corrected chi connectivity index (χ4v) is 7.79. The molecule has 1 aliphatic carbocycles. The van der Waals surface area contributed by atoms with Gasteiger partial charge >= 0.3 is 0 Å². The number of hydrogen-bond acceptors (Lipinski definition) is 9. The fourth-order valence-electron chi connectivity index (χ4n) is 7.79. The van der Waals surface area contributed by atoms with Crippen LogP contribution >= 0.6 is 0 Å². The van der Waals surface area contributed by atoms with Crippen molar-refractivity contribution in [2.24, 2.45) is 5.92 Å². The molecule has 4 heterocycles. The summed E-state index contributed by atoms with van der Waals surface area (Å²) in [6.07, 6.45) is 11.0. The average Bonchev–Trinajstić information content (AvgIpc) is 3.75. The van der Waals surface area contributed by atoms with Gasteiger partial charge in [0.25, 0.3) is 0 Å². The first-order chi connectivity index (χ1) is 23.4. The Morgan fingerprint density at radius 2 is 1.85 bits per heavy atom. The topological polar surface area (TPSA) is 140 Å². The zero-order valence-corrected chi connectivity index (χ0v) is 28.2. The van der Waals surface area contributed by atoms with Crippen LogP contribution in [0.2, 0.25) is 0 Å².